The SMILES string of the molecule is CC(NC(=O)c1cc(C(C)(C)C)nn1C)c1nc(C(F)(F)F)n[nH]1. The number of alkyl halides is 3. The number of aromatic nitrogens is 5. The second-order valence-electron chi connectivity index (χ2n) is 6.53. The molecule has 0 aliphatic carbocycles. The number of carbonyl (C=O) groups is 1. The standard InChI is InChI=1S/C14H19F3N6O/c1-7(10-19-12(21-20-10)14(15,16)17)18-11(24)8-6-9(13(2,3)4)22-23(8)5/h6-7H,1-5H3,(H,18,24)(H,19,20,21). The molecule has 2 N–H and O–H groups in total. The van der Waals surface area contributed by atoms with Crippen molar-refractivity contribution in [1.29, 1.82) is 0 Å². The van der Waals surface area contributed by atoms with Gasteiger partial charge in [-0.05, 0) is 13.0 Å². The molecule has 0 spiro atoms. The van der Waals surface area contributed by atoms with Crippen LogP contribution in [0, 0.1) is 0 Å². The van der Waals surface area contributed by atoms with E-state index in [1.165, 1.54) is 11.6 Å². The maximum absolute atomic E-state index is 12.5. The number of aryl methyl sites for hydroxylation is 1. The van der Waals surface area contributed by atoms with E-state index in [0.29, 0.717) is 5.69 Å². The van der Waals surface area contributed by atoms with E-state index in [0.717, 1.165) is 5.69 Å². The van der Waals surface area contributed by atoms with Crippen LogP contribution in [0.3, 0.4) is 0 Å². The fraction of sp³-hybridized carbons (Fsp3) is 0.571. The van der Waals surface area contributed by atoms with E-state index in [1.807, 2.05) is 20.8 Å². The van der Waals surface area contributed by atoms with Crippen molar-refractivity contribution in [2.75, 3.05) is 0 Å². The van der Waals surface area contributed by atoms with Crippen LogP contribution in [-0.2, 0) is 18.6 Å². The molecule has 132 valence electrons. The minimum absolute atomic E-state index is 0.0751. The molecular weight excluding hydrogens is 325 g/mol. The van der Waals surface area contributed by atoms with E-state index in [4.69, 9.17) is 0 Å². The van der Waals surface area contributed by atoms with Gasteiger partial charge in [-0.15, -0.1) is 5.10 Å². The summed E-state index contributed by atoms with van der Waals surface area (Å²) < 4.78 is 39.0. The molecule has 2 rings (SSSR count). The number of aromatic amines is 1. The van der Waals surface area contributed by atoms with E-state index >= 15 is 0 Å². The van der Waals surface area contributed by atoms with Crippen LogP contribution in [0.2, 0.25) is 0 Å². The average Bonchev–Trinajstić information content (AvgIpc) is 3.03. The van der Waals surface area contributed by atoms with Gasteiger partial charge >= 0.3 is 6.18 Å². The molecule has 0 fully saturated rings. The van der Waals surface area contributed by atoms with Crippen LogP contribution in [0.4, 0.5) is 13.2 Å². The Morgan fingerprint density at radius 3 is 2.42 bits per heavy atom. The number of carbonyl (C=O) groups excluding carboxylic acids is 1. The fourth-order valence-corrected chi connectivity index (χ4v) is 1.98. The highest BCUT2D eigenvalue weighted by Gasteiger charge is 2.36. The zero-order valence-electron chi connectivity index (χ0n) is 14.0. The molecule has 0 radical (unpaired) electrons. The monoisotopic (exact) mass is 344 g/mol. The predicted molar refractivity (Wildman–Crippen MR) is 79.2 cm³/mol. The van der Waals surface area contributed by atoms with Gasteiger partial charge in [-0.25, -0.2) is 4.98 Å². The number of hydrogen-bond donors (Lipinski definition) is 2. The van der Waals surface area contributed by atoms with E-state index in [-0.39, 0.29) is 11.2 Å². The van der Waals surface area contributed by atoms with Crippen LogP contribution in [0.1, 0.15) is 61.6 Å². The van der Waals surface area contributed by atoms with E-state index in [9.17, 15) is 18.0 Å². The Bertz CT molecular complexity index is 741. The van der Waals surface area contributed by atoms with Gasteiger partial charge in [0, 0.05) is 12.5 Å². The highest BCUT2D eigenvalue weighted by molar-refractivity contribution is 5.92. The van der Waals surface area contributed by atoms with Crippen molar-refractivity contribution in [2.24, 2.45) is 7.05 Å². The van der Waals surface area contributed by atoms with E-state index in [1.54, 1.807) is 13.1 Å². The molecule has 24 heavy (non-hydrogen) atoms. The van der Waals surface area contributed by atoms with Gasteiger partial charge < -0.3 is 5.32 Å². The zero-order chi connectivity index (χ0) is 18.3. The normalized spacial score (nSPS) is 13.8. The first-order chi connectivity index (χ1) is 10.9. The molecule has 0 saturated heterocycles. The lowest BCUT2D eigenvalue weighted by molar-refractivity contribution is -0.144. The van der Waals surface area contributed by atoms with Gasteiger partial charge in [0.2, 0.25) is 0 Å². The number of hydrogen-bond acceptors (Lipinski definition) is 4. The molecule has 0 saturated carbocycles. The van der Waals surface area contributed by atoms with Crippen LogP contribution in [0.25, 0.3) is 0 Å². The smallest absolute Gasteiger partial charge is 0.341 e. The lowest BCUT2D eigenvalue weighted by atomic mass is 9.92. The third-order valence-electron chi connectivity index (χ3n) is 3.39. The topological polar surface area (TPSA) is 88.5 Å². The molecule has 0 bridgehead atoms. The van der Waals surface area contributed by atoms with Crippen molar-refractivity contribution in [3.05, 3.63) is 29.1 Å². The summed E-state index contributed by atoms with van der Waals surface area (Å²) in [6.45, 7) is 7.41. The van der Waals surface area contributed by atoms with Gasteiger partial charge in [0.05, 0.1) is 11.7 Å². The summed E-state index contributed by atoms with van der Waals surface area (Å²) in [7, 11) is 1.63. The number of H-pyrrole nitrogens is 1. The maximum atomic E-state index is 12.5. The summed E-state index contributed by atoms with van der Waals surface area (Å²) in [4.78, 5) is 15.7. The van der Waals surface area contributed by atoms with Crippen molar-refractivity contribution < 1.29 is 18.0 Å². The Kier molecular flexibility index (Phi) is 4.42. The maximum Gasteiger partial charge on any atom is 0.453 e. The van der Waals surface area contributed by atoms with Crippen molar-refractivity contribution in [2.45, 2.75) is 45.3 Å². The minimum atomic E-state index is -4.64. The first-order valence-electron chi connectivity index (χ1n) is 7.24. The summed E-state index contributed by atoms with van der Waals surface area (Å²) >= 11 is 0. The first kappa shape index (κ1) is 18.0. The van der Waals surface area contributed by atoms with Crippen molar-refractivity contribution in [3.63, 3.8) is 0 Å². The second-order valence-corrected chi connectivity index (χ2v) is 6.53. The Morgan fingerprint density at radius 2 is 1.96 bits per heavy atom. The number of nitrogens with zero attached hydrogens (tertiary/aromatic N) is 4. The lowest BCUT2D eigenvalue weighted by Gasteiger charge is -2.13. The van der Waals surface area contributed by atoms with E-state index in [2.05, 4.69) is 25.6 Å². The van der Waals surface area contributed by atoms with Gasteiger partial charge in [0.1, 0.15) is 11.5 Å². The summed E-state index contributed by atoms with van der Waals surface area (Å²) in [6.07, 6.45) is -4.64. The van der Waals surface area contributed by atoms with Gasteiger partial charge in [-0.1, -0.05) is 20.8 Å². The number of amides is 1. The van der Waals surface area contributed by atoms with Crippen molar-refractivity contribution in [1.82, 2.24) is 30.3 Å². The molecule has 2 aromatic rings. The molecular formula is C14H19F3N6O. The Labute approximate surface area is 136 Å². The average molecular weight is 344 g/mol. The lowest BCUT2D eigenvalue weighted by Crippen LogP contribution is -2.29. The van der Waals surface area contributed by atoms with Crippen molar-refractivity contribution >= 4 is 5.91 Å². The van der Waals surface area contributed by atoms with Crippen molar-refractivity contribution in [3.8, 4) is 0 Å². The molecule has 1 unspecified atom stereocenters. The largest absolute Gasteiger partial charge is 0.453 e. The second kappa shape index (κ2) is 5.91. The first-order valence-corrected chi connectivity index (χ1v) is 7.24. The molecule has 1 amide bonds. The summed E-state index contributed by atoms with van der Waals surface area (Å²) in [5.74, 6) is -1.80. The summed E-state index contributed by atoms with van der Waals surface area (Å²) in [5, 5.41) is 12.2. The molecule has 0 aromatic carbocycles. The highest BCUT2D eigenvalue weighted by Crippen LogP contribution is 2.26. The van der Waals surface area contributed by atoms with Gasteiger partial charge in [0.25, 0.3) is 11.7 Å². The molecule has 0 aliphatic rings. The van der Waals surface area contributed by atoms with Crippen LogP contribution in [-0.4, -0.2) is 30.9 Å². The van der Waals surface area contributed by atoms with Crippen LogP contribution in [0.15, 0.2) is 6.07 Å². The van der Waals surface area contributed by atoms with Gasteiger partial charge in [-0.2, -0.15) is 18.3 Å². The number of nitrogens with one attached hydrogen (secondary N) is 2. The molecule has 10 heteroatoms. The number of halogens is 3. The third-order valence-corrected chi connectivity index (χ3v) is 3.39. The predicted octanol–water partition coefficient (Wildman–Crippen LogP) is 2.35. The quantitative estimate of drug-likeness (QED) is 0.894. The molecule has 2 aromatic heterocycles. The fourth-order valence-electron chi connectivity index (χ4n) is 1.98. The molecule has 1 atom stereocenters. The molecule has 7 nitrogen and oxygen atoms in total. The Morgan fingerprint density at radius 1 is 1.33 bits per heavy atom. The summed E-state index contributed by atoms with van der Waals surface area (Å²) in [5.41, 5.74) is 0.818. The van der Waals surface area contributed by atoms with Crippen LogP contribution in [0.5, 0.6) is 0 Å². The Hall–Kier alpha value is -2.39. The van der Waals surface area contributed by atoms with Gasteiger partial charge in [-0.3, -0.25) is 14.6 Å². The molecule has 0 aliphatic heterocycles. The molecule has 2 heterocycles. The minimum Gasteiger partial charge on any atom is -0.341 e. The Balaban J connectivity index is 2.15. The van der Waals surface area contributed by atoms with E-state index < -0.39 is 23.9 Å². The number of rotatable bonds is 3. The van der Waals surface area contributed by atoms with Crippen LogP contribution >= 0.6 is 0 Å². The van der Waals surface area contributed by atoms with Gasteiger partial charge in [0.15, 0.2) is 0 Å². The highest BCUT2D eigenvalue weighted by atomic mass is 19.4. The summed E-state index contributed by atoms with van der Waals surface area (Å²) in [6, 6.07) is 0.887. The zero-order valence-corrected chi connectivity index (χ0v) is 14.0. The van der Waals surface area contributed by atoms with Crippen LogP contribution < -0.4 is 5.32 Å². The third kappa shape index (κ3) is 3.74.